The zero-order valence-corrected chi connectivity index (χ0v) is 19.0. The van der Waals surface area contributed by atoms with E-state index in [1.54, 1.807) is 0 Å². The van der Waals surface area contributed by atoms with Gasteiger partial charge < -0.3 is 14.9 Å². The summed E-state index contributed by atoms with van der Waals surface area (Å²) in [7, 11) is 4.07. The van der Waals surface area contributed by atoms with Gasteiger partial charge in [0.2, 0.25) is 0 Å². The van der Waals surface area contributed by atoms with Gasteiger partial charge in [-0.1, -0.05) is 42.5 Å². The third kappa shape index (κ3) is 6.13. The second-order valence-electron chi connectivity index (χ2n) is 8.30. The predicted octanol–water partition coefficient (Wildman–Crippen LogP) is 4.21. The Bertz CT molecular complexity index is 1140. The zero-order chi connectivity index (χ0) is 24.9. The number of carboxylic acid groups (broad SMARTS) is 1. The number of alkyl halides is 3. The molecule has 7 nitrogen and oxygen atoms in total. The standard InChI is InChI=1S/C22H26N4O.C2HF3O2/c1-24(2)15-16-25-14-12-20(23-25)22(27)26-13-6-11-21(26)19-10-5-8-17-7-3-4-9-18(17)19;3-2(4,5)1(6)7/h3-5,7-10,12,14,21H,6,11,13,15-16H2,1-2H3;(H,6,7). The van der Waals surface area contributed by atoms with Crippen LogP contribution in [0.1, 0.15) is 34.9 Å². The van der Waals surface area contributed by atoms with Gasteiger partial charge in [-0.15, -0.1) is 0 Å². The SMILES string of the molecule is CN(C)CCn1ccc(C(=O)N2CCCC2c2cccc3ccccc23)n1.O=C(O)C(F)(F)F. The van der Waals surface area contributed by atoms with Crippen molar-refractivity contribution in [1.82, 2.24) is 19.6 Å². The lowest BCUT2D eigenvalue weighted by atomic mass is 9.97. The highest BCUT2D eigenvalue weighted by atomic mass is 19.4. The van der Waals surface area contributed by atoms with Crippen LogP contribution in [-0.2, 0) is 11.3 Å². The third-order valence-corrected chi connectivity index (χ3v) is 5.57. The molecule has 1 aliphatic rings. The van der Waals surface area contributed by atoms with Gasteiger partial charge in [-0.2, -0.15) is 18.3 Å². The van der Waals surface area contributed by atoms with Crippen molar-refractivity contribution in [1.29, 1.82) is 0 Å². The Balaban J connectivity index is 0.000000406. The number of amides is 1. The fraction of sp³-hybridized carbons (Fsp3) is 0.375. The van der Waals surface area contributed by atoms with E-state index in [4.69, 9.17) is 9.90 Å². The summed E-state index contributed by atoms with van der Waals surface area (Å²) >= 11 is 0. The van der Waals surface area contributed by atoms with Crippen molar-refractivity contribution < 1.29 is 27.9 Å². The van der Waals surface area contributed by atoms with Crippen LogP contribution in [0.25, 0.3) is 10.8 Å². The number of nitrogens with zero attached hydrogens (tertiary/aromatic N) is 4. The van der Waals surface area contributed by atoms with Gasteiger partial charge in [0, 0.05) is 19.3 Å². The molecule has 0 spiro atoms. The number of aromatic nitrogens is 2. The van der Waals surface area contributed by atoms with Gasteiger partial charge in [0.05, 0.1) is 12.6 Å². The summed E-state index contributed by atoms with van der Waals surface area (Å²) in [4.78, 5) is 26.2. The third-order valence-electron chi connectivity index (χ3n) is 5.57. The van der Waals surface area contributed by atoms with Crippen LogP contribution in [0.5, 0.6) is 0 Å². The zero-order valence-electron chi connectivity index (χ0n) is 19.0. The lowest BCUT2D eigenvalue weighted by molar-refractivity contribution is -0.192. The minimum Gasteiger partial charge on any atom is -0.475 e. The highest BCUT2D eigenvalue weighted by molar-refractivity contribution is 5.93. The molecule has 0 bridgehead atoms. The number of hydrogen-bond acceptors (Lipinski definition) is 4. The normalized spacial score (nSPS) is 15.9. The number of benzene rings is 2. The fourth-order valence-corrected chi connectivity index (χ4v) is 3.92. The van der Waals surface area contributed by atoms with E-state index in [1.165, 1.54) is 16.3 Å². The lowest BCUT2D eigenvalue weighted by Crippen LogP contribution is -2.31. The molecule has 0 radical (unpaired) electrons. The molecule has 0 aliphatic carbocycles. The highest BCUT2D eigenvalue weighted by Gasteiger charge is 2.38. The average Bonchev–Trinajstić information content (AvgIpc) is 3.46. The molecule has 1 amide bonds. The molecule has 1 saturated heterocycles. The first-order chi connectivity index (χ1) is 16.1. The Hall–Kier alpha value is -3.40. The van der Waals surface area contributed by atoms with Gasteiger partial charge in [0.1, 0.15) is 5.69 Å². The fourth-order valence-electron chi connectivity index (χ4n) is 3.92. The molecule has 1 fully saturated rings. The van der Waals surface area contributed by atoms with E-state index in [0.29, 0.717) is 5.69 Å². The summed E-state index contributed by atoms with van der Waals surface area (Å²) in [5.41, 5.74) is 1.78. The van der Waals surface area contributed by atoms with Crippen LogP contribution >= 0.6 is 0 Å². The summed E-state index contributed by atoms with van der Waals surface area (Å²) < 4.78 is 33.6. The molecule has 1 unspecified atom stereocenters. The summed E-state index contributed by atoms with van der Waals surface area (Å²) in [5, 5.41) is 14.1. The van der Waals surface area contributed by atoms with E-state index in [9.17, 15) is 18.0 Å². The lowest BCUT2D eigenvalue weighted by Gasteiger charge is -2.25. The minimum atomic E-state index is -5.08. The molecule has 34 heavy (non-hydrogen) atoms. The topological polar surface area (TPSA) is 78.7 Å². The monoisotopic (exact) mass is 476 g/mol. The number of fused-ring (bicyclic) bond motifs is 1. The quantitative estimate of drug-likeness (QED) is 0.597. The first-order valence-corrected chi connectivity index (χ1v) is 10.8. The van der Waals surface area contributed by atoms with Gasteiger partial charge in [-0.25, -0.2) is 4.79 Å². The van der Waals surface area contributed by atoms with Gasteiger partial charge in [-0.3, -0.25) is 9.48 Å². The molecule has 10 heteroatoms. The van der Waals surface area contributed by atoms with Crippen LogP contribution < -0.4 is 0 Å². The highest BCUT2D eigenvalue weighted by Crippen LogP contribution is 2.36. The number of hydrogen-bond donors (Lipinski definition) is 1. The Morgan fingerprint density at radius 1 is 1.12 bits per heavy atom. The van der Waals surface area contributed by atoms with Crippen LogP contribution in [0, 0.1) is 0 Å². The molecule has 2 heterocycles. The van der Waals surface area contributed by atoms with Crippen molar-refractivity contribution in [3.63, 3.8) is 0 Å². The molecule has 4 rings (SSSR count). The number of likely N-dealkylation sites (N-methyl/N-ethyl adjacent to an activating group) is 1. The van der Waals surface area contributed by atoms with E-state index in [1.807, 2.05) is 35.9 Å². The van der Waals surface area contributed by atoms with Gasteiger partial charge in [0.15, 0.2) is 0 Å². The van der Waals surface area contributed by atoms with E-state index in [2.05, 4.69) is 52.5 Å². The van der Waals surface area contributed by atoms with Crippen LogP contribution in [0.15, 0.2) is 54.7 Å². The molecular weight excluding hydrogens is 449 g/mol. The number of rotatable bonds is 5. The maximum Gasteiger partial charge on any atom is 0.490 e. The molecular formula is C24H27F3N4O3. The van der Waals surface area contributed by atoms with Crippen molar-refractivity contribution in [2.75, 3.05) is 27.2 Å². The van der Waals surface area contributed by atoms with Crippen molar-refractivity contribution in [2.45, 2.75) is 31.6 Å². The van der Waals surface area contributed by atoms with Crippen LogP contribution in [0.3, 0.4) is 0 Å². The van der Waals surface area contributed by atoms with E-state index >= 15 is 0 Å². The van der Waals surface area contributed by atoms with Crippen molar-refractivity contribution in [3.05, 3.63) is 66.0 Å². The smallest absolute Gasteiger partial charge is 0.475 e. The number of halogens is 3. The van der Waals surface area contributed by atoms with Gasteiger partial charge in [-0.05, 0) is 49.3 Å². The minimum absolute atomic E-state index is 0.0361. The second kappa shape index (κ2) is 10.7. The van der Waals surface area contributed by atoms with E-state index in [0.717, 1.165) is 32.5 Å². The number of likely N-dealkylation sites (tertiary alicyclic amines) is 1. The summed E-state index contributed by atoms with van der Waals surface area (Å²) in [6, 6.07) is 16.8. The summed E-state index contributed by atoms with van der Waals surface area (Å²) in [6.45, 7) is 2.47. The van der Waals surface area contributed by atoms with Crippen molar-refractivity contribution in [2.24, 2.45) is 0 Å². The number of carboxylic acids is 1. The number of carbonyl (C=O) groups excluding carboxylic acids is 1. The maximum atomic E-state index is 13.2. The second-order valence-corrected chi connectivity index (χ2v) is 8.30. The van der Waals surface area contributed by atoms with Crippen molar-refractivity contribution in [3.8, 4) is 0 Å². The molecule has 1 N–H and O–H groups in total. The number of carbonyl (C=O) groups is 2. The first kappa shape index (κ1) is 25.2. The Labute approximate surface area is 195 Å². The van der Waals surface area contributed by atoms with Crippen LogP contribution in [-0.4, -0.2) is 69.9 Å². The molecule has 2 aromatic carbocycles. The first-order valence-electron chi connectivity index (χ1n) is 10.8. The maximum absolute atomic E-state index is 13.2. The predicted molar refractivity (Wildman–Crippen MR) is 121 cm³/mol. The molecule has 3 aromatic rings. The Morgan fingerprint density at radius 2 is 1.79 bits per heavy atom. The summed E-state index contributed by atoms with van der Waals surface area (Å²) in [6.07, 6.45) is -1.15. The van der Waals surface area contributed by atoms with E-state index < -0.39 is 12.1 Å². The number of aliphatic carboxylic acids is 1. The molecule has 1 aliphatic heterocycles. The van der Waals surface area contributed by atoms with Crippen molar-refractivity contribution >= 4 is 22.6 Å². The van der Waals surface area contributed by atoms with Crippen LogP contribution in [0.4, 0.5) is 13.2 Å². The molecule has 1 atom stereocenters. The molecule has 1 aromatic heterocycles. The average molecular weight is 476 g/mol. The molecule has 0 saturated carbocycles. The van der Waals surface area contributed by atoms with Crippen LogP contribution in [0.2, 0.25) is 0 Å². The summed E-state index contributed by atoms with van der Waals surface area (Å²) in [5.74, 6) is -2.72. The van der Waals surface area contributed by atoms with E-state index in [-0.39, 0.29) is 11.9 Å². The molecule has 182 valence electrons. The Morgan fingerprint density at radius 3 is 2.47 bits per heavy atom. The Kier molecular flexibility index (Phi) is 7.93. The van der Waals surface area contributed by atoms with Gasteiger partial charge in [0.25, 0.3) is 5.91 Å². The largest absolute Gasteiger partial charge is 0.490 e. The van der Waals surface area contributed by atoms with Gasteiger partial charge >= 0.3 is 12.1 Å².